The summed E-state index contributed by atoms with van der Waals surface area (Å²) in [6.07, 6.45) is 0.801. The summed E-state index contributed by atoms with van der Waals surface area (Å²) in [6, 6.07) is 3.66. The van der Waals surface area contributed by atoms with Crippen LogP contribution in [0.3, 0.4) is 0 Å². The Hall–Kier alpha value is -1.11. The first kappa shape index (κ1) is 7.99. The van der Waals surface area contributed by atoms with Gasteiger partial charge in [-0.2, -0.15) is 5.26 Å². The summed E-state index contributed by atoms with van der Waals surface area (Å²) in [5.41, 5.74) is 0.589. The molecule has 0 aliphatic heterocycles. The molecule has 1 heterocycles. The van der Waals surface area contributed by atoms with Crippen molar-refractivity contribution < 1.29 is 5.11 Å². The minimum Gasteiger partial charge on any atom is -0.383 e. The van der Waals surface area contributed by atoms with Gasteiger partial charge < -0.3 is 5.11 Å². The monoisotopic (exact) mass is 165 g/mol. The number of aliphatic hydroxyl groups is 1. The molecule has 0 aliphatic rings. The molecule has 2 nitrogen and oxygen atoms in total. The second-order valence-electron chi connectivity index (χ2n) is 2.03. The molecule has 0 bridgehead atoms. The SMILES string of the molecule is C=CC(O)c1cc(C#N)cs1. The van der Waals surface area contributed by atoms with E-state index < -0.39 is 6.10 Å². The van der Waals surface area contributed by atoms with E-state index in [0.29, 0.717) is 5.56 Å². The van der Waals surface area contributed by atoms with Crippen molar-refractivity contribution in [2.24, 2.45) is 0 Å². The van der Waals surface area contributed by atoms with Crippen LogP contribution in [-0.2, 0) is 0 Å². The minimum atomic E-state index is -0.637. The van der Waals surface area contributed by atoms with Gasteiger partial charge in [-0.25, -0.2) is 0 Å². The Morgan fingerprint density at radius 3 is 3.00 bits per heavy atom. The smallest absolute Gasteiger partial charge is 0.106 e. The first-order valence-corrected chi connectivity index (χ1v) is 3.95. The predicted octanol–water partition coefficient (Wildman–Crippen LogP) is 1.84. The number of nitriles is 1. The van der Waals surface area contributed by atoms with E-state index in [4.69, 9.17) is 5.26 Å². The summed E-state index contributed by atoms with van der Waals surface area (Å²) < 4.78 is 0. The van der Waals surface area contributed by atoms with Gasteiger partial charge in [0.25, 0.3) is 0 Å². The third kappa shape index (κ3) is 1.67. The number of hydrogen-bond acceptors (Lipinski definition) is 3. The van der Waals surface area contributed by atoms with Gasteiger partial charge in [0.2, 0.25) is 0 Å². The topological polar surface area (TPSA) is 44.0 Å². The molecule has 1 aromatic rings. The Kier molecular flexibility index (Phi) is 2.42. The molecule has 0 aromatic carbocycles. The van der Waals surface area contributed by atoms with Gasteiger partial charge in [0.1, 0.15) is 12.2 Å². The van der Waals surface area contributed by atoms with Crippen LogP contribution in [0.15, 0.2) is 24.1 Å². The van der Waals surface area contributed by atoms with Crippen LogP contribution in [0, 0.1) is 11.3 Å². The molecule has 0 saturated carbocycles. The highest BCUT2D eigenvalue weighted by molar-refractivity contribution is 7.10. The molecule has 1 unspecified atom stereocenters. The molecule has 11 heavy (non-hydrogen) atoms. The number of rotatable bonds is 2. The fraction of sp³-hybridized carbons (Fsp3) is 0.125. The number of nitrogens with zero attached hydrogens (tertiary/aromatic N) is 1. The third-order valence-corrected chi connectivity index (χ3v) is 2.27. The quantitative estimate of drug-likeness (QED) is 0.679. The Bertz CT molecular complexity index is 297. The maximum Gasteiger partial charge on any atom is 0.106 e. The van der Waals surface area contributed by atoms with Gasteiger partial charge in [0, 0.05) is 10.3 Å². The number of hydrogen-bond donors (Lipinski definition) is 1. The van der Waals surface area contributed by atoms with Gasteiger partial charge in [-0.05, 0) is 6.07 Å². The molecule has 0 fully saturated rings. The van der Waals surface area contributed by atoms with E-state index in [9.17, 15) is 5.11 Å². The van der Waals surface area contributed by atoms with Crippen LogP contribution in [0.2, 0.25) is 0 Å². The molecule has 1 atom stereocenters. The van der Waals surface area contributed by atoms with Gasteiger partial charge in [-0.3, -0.25) is 0 Å². The molecular formula is C8H7NOS. The van der Waals surface area contributed by atoms with E-state index in [1.807, 2.05) is 6.07 Å². The highest BCUT2D eigenvalue weighted by Gasteiger charge is 2.05. The standard InChI is InChI=1S/C8H7NOS/c1-2-7(10)8-3-6(4-9)5-11-8/h2-3,5,7,10H,1H2. The molecule has 56 valence electrons. The zero-order valence-electron chi connectivity index (χ0n) is 5.82. The van der Waals surface area contributed by atoms with Gasteiger partial charge >= 0.3 is 0 Å². The van der Waals surface area contributed by atoms with Gasteiger partial charge in [-0.15, -0.1) is 17.9 Å². The molecular weight excluding hydrogens is 158 g/mol. The van der Waals surface area contributed by atoms with Gasteiger partial charge in [-0.1, -0.05) is 6.08 Å². The highest BCUT2D eigenvalue weighted by Crippen LogP contribution is 2.21. The van der Waals surface area contributed by atoms with Crippen molar-refractivity contribution in [3.05, 3.63) is 34.5 Å². The normalized spacial score (nSPS) is 12.0. The summed E-state index contributed by atoms with van der Waals surface area (Å²) in [4.78, 5) is 0.761. The molecule has 0 amide bonds. The summed E-state index contributed by atoms with van der Waals surface area (Å²) in [6.45, 7) is 3.45. The van der Waals surface area contributed by atoms with Crippen LogP contribution in [-0.4, -0.2) is 5.11 Å². The van der Waals surface area contributed by atoms with Crippen LogP contribution in [0.5, 0.6) is 0 Å². The Morgan fingerprint density at radius 2 is 2.55 bits per heavy atom. The van der Waals surface area contributed by atoms with Crippen LogP contribution in [0.4, 0.5) is 0 Å². The van der Waals surface area contributed by atoms with E-state index >= 15 is 0 Å². The lowest BCUT2D eigenvalue weighted by Crippen LogP contribution is -1.86. The molecule has 3 heteroatoms. The minimum absolute atomic E-state index is 0.589. The van der Waals surface area contributed by atoms with Crippen LogP contribution in [0.1, 0.15) is 16.5 Å². The number of thiophene rings is 1. The third-order valence-electron chi connectivity index (χ3n) is 1.26. The summed E-state index contributed by atoms with van der Waals surface area (Å²) in [5, 5.41) is 19.4. The lowest BCUT2D eigenvalue weighted by atomic mass is 10.2. The van der Waals surface area contributed by atoms with Crippen LogP contribution in [0.25, 0.3) is 0 Å². The van der Waals surface area contributed by atoms with Crippen molar-refractivity contribution in [2.45, 2.75) is 6.10 Å². The first-order chi connectivity index (χ1) is 5.27. The van der Waals surface area contributed by atoms with Crippen molar-refractivity contribution in [3.63, 3.8) is 0 Å². The van der Waals surface area contributed by atoms with E-state index in [1.54, 1.807) is 11.4 Å². The average molecular weight is 165 g/mol. The molecule has 1 rings (SSSR count). The Balaban J connectivity index is 2.90. The molecule has 0 spiro atoms. The summed E-state index contributed by atoms with van der Waals surface area (Å²) in [7, 11) is 0. The van der Waals surface area contributed by atoms with Crippen molar-refractivity contribution in [1.82, 2.24) is 0 Å². The molecule has 1 aromatic heterocycles. The number of aliphatic hydroxyl groups excluding tert-OH is 1. The van der Waals surface area contributed by atoms with E-state index in [1.165, 1.54) is 17.4 Å². The second kappa shape index (κ2) is 3.33. The Morgan fingerprint density at radius 1 is 1.82 bits per heavy atom. The highest BCUT2D eigenvalue weighted by atomic mass is 32.1. The van der Waals surface area contributed by atoms with Gasteiger partial charge in [0.15, 0.2) is 0 Å². The van der Waals surface area contributed by atoms with E-state index in [-0.39, 0.29) is 0 Å². The maximum absolute atomic E-state index is 9.22. The largest absolute Gasteiger partial charge is 0.383 e. The van der Waals surface area contributed by atoms with Crippen molar-refractivity contribution in [1.29, 1.82) is 5.26 Å². The maximum atomic E-state index is 9.22. The second-order valence-corrected chi connectivity index (χ2v) is 2.97. The lowest BCUT2D eigenvalue weighted by molar-refractivity contribution is 0.233. The Labute approximate surface area is 69.0 Å². The van der Waals surface area contributed by atoms with Gasteiger partial charge in [0.05, 0.1) is 5.56 Å². The molecule has 0 aliphatic carbocycles. The van der Waals surface area contributed by atoms with E-state index in [0.717, 1.165) is 4.88 Å². The predicted molar refractivity (Wildman–Crippen MR) is 44.2 cm³/mol. The zero-order valence-corrected chi connectivity index (χ0v) is 6.64. The lowest BCUT2D eigenvalue weighted by Gasteiger charge is -1.97. The summed E-state index contributed by atoms with van der Waals surface area (Å²) in [5.74, 6) is 0. The average Bonchev–Trinajstić information content (AvgIpc) is 2.50. The zero-order chi connectivity index (χ0) is 8.27. The van der Waals surface area contributed by atoms with Crippen molar-refractivity contribution >= 4 is 11.3 Å². The molecule has 0 saturated heterocycles. The fourth-order valence-corrected chi connectivity index (χ4v) is 1.50. The fourth-order valence-electron chi connectivity index (χ4n) is 0.683. The van der Waals surface area contributed by atoms with Crippen LogP contribution < -0.4 is 0 Å². The first-order valence-electron chi connectivity index (χ1n) is 3.07. The molecule has 0 radical (unpaired) electrons. The summed E-state index contributed by atoms with van der Waals surface area (Å²) >= 11 is 1.36. The van der Waals surface area contributed by atoms with Crippen molar-refractivity contribution in [3.8, 4) is 6.07 Å². The van der Waals surface area contributed by atoms with Crippen molar-refractivity contribution in [2.75, 3.05) is 0 Å². The molecule has 1 N–H and O–H groups in total. The van der Waals surface area contributed by atoms with Crippen LogP contribution >= 0.6 is 11.3 Å². The van der Waals surface area contributed by atoms with E-state index in [2.05, 4.69) is 6.58 Å².